The van der Waals surface area contributed by atoms with E-state index in [0.29, 0.717) is 38.2 Å². The zero-order chi connectivity index (χ0) is 28.1. The second-order valence-corrected chi connectivity index (χ2v) is 9.71. The number of ether oxygens (including phenoxy) is 1. The van der Waals surface area contributed by atoms with Crippen molar-refractivity contribution in [1.29, 1.82) is 0 Å². The molecular formula is C27H18ClFN6O4S. The lowest BCUT2D eigenvalue weighted by Gasteiger charge is -2.11. The van der Waals surface area contributed by atoms with Crippen LogP contribution in [-0.2, 0) is 6.61 Å². The third-order valence-electron chi connectivity index (χ3n) is 5.46. The number of anilines is 2. The van der Waals surface area contributed by atoms with E-state index in [4.69, 9.17) is 16.3 Å². The molecule has 40 heavy (non-hydrogen) atoms. The molecule has 0 saturated heterocycles. The van der Waals surface area contributed by atoms with Gasteiger partial charge in [0.2, 0.25) is 0 Å². The van der Waals surface area contributed by atoms with Crippen LogP contribution in [0.4, 0.5) is 21.7 Å². The summed E-state index contributed by atoms with van der Waals surface area (Å²) < 4.78 is 19.9. The number of nitrogens with zero attached hydrogens (tertiary/aromatic N) is 3. The topological polar surface area (TPSA) is 135 Å². The SMILES string of the molecule is O=C(NCC#Cc1cc2ncnc(Nc3ccc(OCc4cccc(F)c4)c(Cl)c3)c2s1)c1c[nH]c([N+](=O)[O-])c1. The molecule has 5 aromatic rings. The first kappa shape index (κ1) is 26.6. The number of rotatable bonds is 8. The minimum Gasteiger partial charge on any atom is -0.487 e. The number of amides is 1. The molecule has 200 valence electrons. The predicted octanol–water partition coefficient (Wildman–Crippen LogP) is 5.82. The largest absolute Gasteiger partial charge is 0.487 e. The van der Waals surface area contributed by atoms with Crippen molar-refractivity contribution in [2.75, 3.05) is 11.9 Å². The Bertz CT molecular complexity index is 1790. The molecule has 0 bridgehead atoms. The summed E-state index contributed by atoms with van der Waals surface area (Å²) in [5, 5.41) is 17.0. The van der Waals surface area contributed by atoms with Crippen molar-refractivity contribution in [1.82, 2.24) is 20.3 Å². The van der Waals surface area contributed by atoms with Gasteiger partial charge in [0.1, 0.15) is 30.7 Å². The molecule has 3 N–H and O–H groups in total. The zero-order valence-corrected chi connectivity index (χ0v) is 22.0. The Morgan fingerprint density at radius 2 is 2.08 bits per heavy atom. The number of aromatic amines is 1. The number of hydrogen-bond donors (Lipinski definition) is 3. The standard InChI is InChI=1S/C27H18ClFN6O4S/c28-21-11-19(6-7-23(21)39-14-16-3-1-4-18(29)9-16)34-26-25-22(32-15-33-26)12-20(40-25)5-2-8-30-27(36)17-10-24(31-13-17)35(37)38/h1,3-4,6-7,9-13,15,31H,8,14H2,(H,30,36)(H,32,33,34). The van der Waals surface area contributed by atoms with Gasteiger partial charge >= 0.3 is 5.82 Å². The van der Waals surface area contributed by atoms with E-state index in [1.807, 2.05) is 6.07 Å². The van der Waals surface area contributed by atoms with Gasteiger partial charge in [-0.2, -0.15) is 0 Å². The minimum atomic E-state index is -0.612. The Balaban J connectivity index is 1.22. The molecule has 0 unspecified atom stereocenters. The van der Waals surface area contributed by atoms with E-state index in [-0.39, 0.29) is 30.4 Å². The zero-order valence-electron chi connectivity index (χ0n) is 20.4. The van der Waals surface area contributed by atoms with Crippen LogP contribution in [0.3, 0.4) is 0 Å². The van der Waals surface area contributed by atoms with Crippen molar-refractivity contribution in [3.05, 3.63) is 104 Å². The molecule has 5 rings (SSSR count). The van der Waals surface area contributed by atoms with Crippen LogP contribution in [-0.4, -0.2) is 32.3 Å². The predicted molar refractivity (Wildman–Crippen MR) is 150 cm³/mol. The van der Waals surface area contributed by atoms with Gasteiger partial charge in [0.25, 0.3) is 5.91 Å². The van der Waals surface area contributed by atoms with Gasteiger partial charge in [0, 0.05) is 11.8 Å². The number of carbonyl (C=O) groups is 1. The first-order valence-corrected chi connectivity index (χ1v) is 12.8. The molecule has 3 aromatic heterocycles. The van der Waals surface area contributed by atoms with Gasteiger partial charge in [-0.05, 0) is 46.9 Å². The van der Waals surface area contributed by atoms with E-state index in [0.717, 1.165) is 10.8 Å². The fourth-order valence-corrected chi connectivity index (χ4v) is 4.77. The van der Waals surface area contributed by atoms with Gasteiger partial charge < -0.3 is 25.5 Å². The molecule has 1 amide bonds. The van der Waals surface area contributed by atoms with E-state index < -0.39 is 10.8 Å². The lowest BCUT2D eigenvalue weighted by molar-refractivity contribution is -0.389. The van der Waals surface area contributed by atoms with Crippen molar-refractivity contribution < 1.29 is 18.8 Å². The maximum atomic E-state index is 13.4. The minimum absolute atomic E-state index is 0.0506. The van der Waals surface area contributed by atoms with Crippen molar-refractivity contribution in [3.8, 4) is 17.6 Å². The summed E-state index contributed by atoms with van der Waals surface area (Å²) in [6.07, 6.45) is 2.70. The smallest absolute Gasteiger partial charge is 0.321 e. The van der Waals surface area contributed by atoms with Crippen LogP contribution in [0.5, 0.6) is 5.75 Å². The summed E-state index contributed by atoms with van der Waals surface area (Å²) in [5.41, 5.74) is 2.20. The van der Waals surface area contributed by atoms with Crippen LogP contribution in [0.25, 0.3) is 10.2 Å². The lowest BCUT2D eigenvalue weighted by atomic mass is 10.2. The van der Waals surface area contributed by atoms with Gasteiger partial charge in [-0.1, -0.05) is 35.6 Å². The third-order valence-corrected chi connectivity index (χ3v) is 6.81. The molecule has 13 heteroatoms. The summed E-state index contributed by atoms with van der Waals surface area (Å²) in [6.45, 7) is 0.225. The summed E-state index contributed by atoms with van der Waals surface area (Å²) >= 11 is 7.79. The van der Waals surface area contributed by atoms with Gasteiger partial charge in [0.05, 0.1) is 32.2 Å². The fraction of sp³-hybridized carbons (Fsp3) is 0.0741. The van der Waals surface area contributed by atoms with Gasteiger partial charge in [-0.25, -0.2) is 19.3 Å². The van der Waals surface area contributed by atoms with Crippen LogP contribution in [0.15, 0.2) is 67.1 Å². The normalized spacial score (nSPS) is 10.6. The summed E-state index contributed by atoms with van der Waals surface area (Å²) in [5.74, 6) is 5.80. The van der Waals surface area contributed by atoms with Crippen LogP contribution in [0.1, 0.15) is 20.8 Å². The van der Waals surface area contributed by atoms with Crippen molar-refractivity contribution >= 4 is 56.4 Å². The molecule has 0 radical (unpaired) electrons. The Labute approximate surface area is 235 Å². The Morgan fingerprint density at radius 1 is 1.20 bits per heavy atom. The van der Waals surface area contributed by atoms with Crippen LogP contribution in [0.2, 0.25) is 5.02 Å². The molecule has 0 spiro atoms. The number of fused-ring (bicyclic) bond motifs is 1. The Kier molecular flexibility index (Phi) is 7.86. The van der Waals surface area contributed by atoms with Gasteiger partial charge in [0.15, 0.2) is 5.82 Å². The highest BCUT2D eigenvalue weighted by molar-refractivity contribution is 7.20. The number of halogens is 2. The van der Waals surface area contributed by atoms with E-state index in [1.165, 1.54) is 36.0 Å². The first-order valence-electron chi connectivity index (χ1n) is 11.6. The molecule has 0 aliphatic heterocycles. The number of nitro groups is 1. The second-order valence-electron chi connectivity index (χ2n) is 8.25. The molecule has 0 atom stereocenters. The number of aromatic nitrogens is 3. The number of nitrogens with one attached hydrogen (secondary N) is 3. The van der Waals surface area contributed by atoms with Crippen molar-refractivity contribution in [3.63, 3.8) is 0 Å². The monoisotopic (exact) mass is 576 g/mol. The highest BCUT2D eigenvalue weighted by Gasteiger charge is 2.14. The van der Waals surface area contributed by atoms with E-state index in [9.17, 15) is 19.3 Å². The average Bonchev–Trinajstić information content (AvgIpc) is 3.59. The molecular weight excluding hydrogens is 559 g/mol. The second kappa shape index (κ2) is 11.8. The van der Waals surface area contributed by atoms with Gasteiger partial charge in [-0.3, -0.25) is 4.79 Å². The highest BCUT2D eigenvalue weighted by atomic mass is 35.5. The van der Waals surface area contributed by atoms with Crippen LogP contribution >= 0.6 is 22.9 Å². The van der Waals surface area contributed by atoms with E-state index in [2.05, 4.69) is 37.4 Å². The highest BCUT2D eigenvalue weighted by Crippen LogP contribution is 2.33. The molecule has 10 nitrogen and oxygen atoms in total. The molecule has 3 heterocycles. The lowest BCUT2D eigenvalue weighted by Crippen LogP contribution is -2.23. The Morgan fingerprint density at radius 3 is 2.85 bits per heavy atom. The van der Waals surface area contributed by atoms with Crippen LogP contribution in [0, 0.1) is 27.8 Å². The number of carbonyl (C=O) groups excluding carboxylic acids is 1. The summed E-state index contributed by atoms with van der Waals surface area (Å²) in [6, 6.07) is 14.3. The number of thiophene rings is 1. The fourth-order valence-electron chi connectivity index (χ4n) is 3.60. The molecule has 0 fully saturated rings. The summed E-state index contributed by atoms with van der Waals surface area (Å²) in [7, 11) is 0. The summed E-state index contributed by atoms with van der Waals surface area (Å²) in [4.78, 5) is 34.0. The maximum absolute atomic E-state index is 13.4. The van der Waals surface area contributed by atoms with E-state index in [1.54, 1.807) is 30.3 Å². The van der Waals surface area contributed by atoms with Crippen molar-refractivity contribution in [2.24, 2.45) is 0 Å². The molecule has 0 saturated carbocycles. The average molecular weight is 577 g/mol. The Hall–Kier alpha value is -4.99. The van der Waals surface area contributed by atoms with Crippen molar-refractivity contribution in [2.45, 2.75) is 6.61 Å². The molecule has 0 aliphatic rings. The van der Waals surface area contributed by atoms with Gasteiger partial charge in [-0.15, -0.1) is 11.3 Å². The molecule has 0 aliphatic carbocycles. The molecule has 2 aromatic carbocycles. The quantitative estimate of drug-likeness (QED) is 0.120. The van der Waals surface area contributed by atoms with E-state index >= 15 is 0 Å². The maximum Gasteiger partial charge on any atom is 0.321 e. The number of benzene rings is 2. The number of hydrogen-bond acceptors (Lipinski definition) is 8. The first-order chi connectivity index (χ1) is 19.4. The third kappa shape index (κ3) is 6.35. The van der Waals surface area contributed by atoms with Crippen LogP contribution < -0.4 is 15.4 Å². The number of H-pyrrole nitrogens is 1.